The molecule has 0 radical (unpaired) electrons. The highest BCUT2D eigenvalue weighted by Crippen LogP contribution is 2.08. The first kappa shape index (κ1) is 11.1. The van der Waals surface area contributed by atoms with Gasteiger partial charge in [0.1, 0.15) is 0 Å². The highest BCUT2D eigenvalue weighted by molar-refractivity contribution is 8.17. The molecule has 0 fully saturated rings. The summed E-state index contributed by atoms with van der Waals surface area (Å²) < 4.78 is 5.89. The van der Waals surface area contributed by atoms with Crippen molar-refractivity contribution < 1.29 is 0 Å². The van der Waals surface area contributed by atoms with E-state index < -0.39 is 0 Å². The number of aliphatic imine (C=N–C) groups is 1. The Balaban J connectivity index is 1.98. The number of nitrogens with zero attached hydrogens (tertiary/aromatic N) is 2. The van der Waals surface area contributed by atoms with Crippen molar-refractivity contribution in [3.63, 3.8) is 0 Å². The monoisotopic (exact) mass is 214 g/mol. The Morgan fingerprint density at radius 2 is 2.38 bits per heavy atom. The van der Waals surface area contributed by atoms with Gasteiger partial charge in [0.05, 0.1) is 4.67 Å². The lowest BCUT2D eigenvalue weighted by molar-refractivity contribution is 0.677. The highest BCUT2D eigenvalue weighted by atomic mass is 32.2. The predicted molar refractivity (Wildman–Crippen MR) is 63.3 cm³/mol. The summed E-state index contributed by atoms with van der Waals surface area (Å²) in [6, 6.07) is 0. The minimum atomic E-state index is 0.164. The van der Waals surface area contributed by atoms with E-state index in [9.17, 15) is 0 Å². The maximum absolute atomic E-state index is 4.56. The van der Waals surface area contributed by atoms with Crippen molar-refractivity contribution in [1.82, 2.24) is 0 Å². The van der Waals surface area contributed by atoms with Gasteiger partial charge in [0.25, 0.3) is 0 Å². The van der Waals surface area contributed by atoms with Crippen LogP contribution in [0, 0.1) is 0 Å². The van der Waals surface area contributed by atoms with E-state index in [1.807, 2.05) is 11.8 Å². The molecule has 0 aromatic heterocycles. The average Bonchev–Trinajstić information content (AvgIpc) is 2.63. The Morgan fingerprint density at radius 3 is 3.08 bits per heavy atom. The van der Waals surface area contributed by atoms with E-state index in [0.717, 1.165) is 13.1 Å². The molecule has 0 spiro atoms. The molecule has 0 amide bonds. The number of hydrogen-bond acceptors (Lipinski definition) is 3. The van der Waals surface area contributed by atoms with Gasteiger partial charge in [-0.2, -0.15) is 0 Å². The summed E-state index contributed by atoms with van der Waals surface area (Å²) in [5, 5.41) is 0. The summed E-state index contributed by atoms with van der Waals surface area (Å²) in [5.41, 5.74) is 0. The topological polar surface area (TPSA) is 24.7 Å². The lowest BCUT2D eigenvalue weighted by Gasteiger charge is -1.94. The molecule has 1 aliphatic rings. The SMILES string of the molecule is CCCCCCN=[SiH]C1=NCCS1. The third-order valence-electron chi connectivity index (χ3n) is 1.95. The van der Waals surface area contributed by atoms with E-state index >= 15 is 0 Å². The van der Waals surface area contributed by atoms with Gasteiger partial charge in [0, 0.05) is 18.8 Å². The molecule has 0 aromatic rings. The second-order valence-corrected chi connectivity index (χ2v) is 5.87. The second-order valence-electron chi connectivity index (χ2n) is 3.16. The van der Waals surface area contributed by atoms with E-state index in [1.165, 1.54) is 36.1 Å². The van der Waals surface area contributed by atoms with Crippen LogP contribution in [0.4, 0.5) is 0 Å². The third kappa shape index (κ3) is 5.36. The van der Waals surface area contributed by atoms with Gasteiger partial charge >= 0.3 is 0 Å². The van der Waals surface area contributed by atoms with Crippen molar-refractivity contribution in [1.29, 1.82) is 0 Å². The van der Waals surface area contributed by atoms with E-state index in [2.05, 4.69) is 16.6 Å². The van der Waals surface area contributed by atoms with E-state index in [-0.39, 0.29) is 9.31 Å². The molecular formula is C9H18N2SSi. The van der Waals surface area contributed by atoms with Crippen LogP contribution in [0.15, 0.2) is 9.63 Å². The number of rotatable bonds is 6. The Morgan fingerprint density at radius 1 is 1.46 bits per heavy atom. The van der Waals surface area contributed by atoms with Gasteiger partial charge in [0.2, 0.25) is 0 Å². The van der Waals surface area contributed by atoms with Crippen LogP contribution < -0.4 is 0 Å². The van der Waals surface area contributed by atoms with Crippen LogP contribution >= 0.6 is 11.8 Å². The molecule has 13 heavy (non-hydrogen) atoms. The molecule has 1 heterocycles. The molecule has 1 aliphatic heterocycles. The number of unbranched alkanes of at least 4 members (excludes halogenated alkanes) is 3. The van der Waals surface area contributed by atoms with Crippen LogP contribution in [-0.2, 0) is 0 Å². The van der Waals surface area contributed by atoms with Crippen molar-refractivity contribution in [2.24, 2.45) is 9.63 Å². The molecule has 0 atom stereocenters. The largest absolute Gasteiger partial charge is 0.333 e. The Kier molecular flexibility index (Phi) is 6.36. The molecule has 0 saturated carbocycles. The molecule has 74 valence electrons. The summed E-state index contributed by atoms with van der Waals surface area (Å²) in [6.07, 6.45) is 5.30. The number of hydrogen-bond donors (Lipinski definition) is 0. The summed E-state index contributed by atoms with van der Waals surface area (Å²) in [6.45, 7) is 4.33. The van der Waals surface area contributed by atoms with E-state index in [1.54, 1.807) is 0 Å². The molecule has 0 bridgehead atoms. The van der Waals surface area contributed by atoms with Gasteiger partial charge in [-0.05, 0) is 6.42 Å². The van der Waals surface area contributed by atoms with Gasteiger partial charge < -0.3 is 4.63 Å². The fourth-order valence-corrected chi connectivity index (χ4v) is 3.33. The van der Waals surface area contributed by atoms with Crippen LogP contribution in [-0.4, -0.2) is 32.8 Å². The summed E-state index contributed by atoms with van der Waals surface area (Å²) in [4.78, 5) is 4.39. The normalized spacial score (nSPS) is 16.8. The standard InChI is InChI=1S/C9H18N2SSi/c1-2-3-4-5-6-11-13-9-10-7-8-12-9/h13H,2-8H2,1H3. The molecule has 2 nitrogen and oxygen atoms in total. The first-order valence-electron chi connectivity index (χ1n) is 5.10. The molecule has 0 aliphatic carbocycles. The lowest BCUT2D eigenvalue weighted by atomic mass is 10.2. The zero-order chi connectivity index (χ0) is 9.36. The van der Waals surface area contributed by atoms with Gasteiger partial charge in [0.15, 0.2) is 9.31 Å². The van der Waals surface area contributed by atoms with Crippen molar-refractivity contribution in [2.75, 3.05) is 18.8 Å². The third-order valence-corrected chi connectivity index (χ3v) is 4.42. The summed E-state index contributed by atoms with van der Waals surface area (Å²) in [7, 11) is 0.164. The smallest absolute Gasteiger partial charge is 0.169 e. The first-order valence-corrected chi connectivity index (χ1v) is 7.18. The molecule has 1 rings (SSSR count). The minimum absolute atomic E-state index is 0.164. The zero-order valence-corrected chi connectivity index (χ0v) is 10.3. The van der Waals surface area contributed by atoms with Crippen molar-refractivity contribution in [2.45, 2.75) is 32.6 Å². The second kappa shape index (κ2) is 7.44. The van der Waals surface area contributed by atoms with Crippen LogP contribution in [0.3, 0.4) is 0 Å². The van der Waals surface area contributed by atoms with Crippen LogP contribution in [0.2, 0.25) is 0 Å². The maximum atomic E-state index is 4.56. The van der Waals surface area contributed by atoms with Crippen molar-refractivity contribution in [3.8, 4) is 0 Å². The van der Waals surface area contributed by atoms with Crippen LogP contribution in [0.5, 0.6) is 0 Å². The highest BCUT2D eigenvalue weighted by Gasteiger charge is 2.02. The minimum Gasteiger partial charge on any atom is -0.333 e. The van der Waals surface area contributed by atoms with Crippen LogP contribution in [0.1, 0.15) is 32.6 Å². The lowest BCUT2D eigenvalue weighted by Crippen LogP contribution is -1.93. The fraction of sp³-hybridized carbons (Fsp3) is 0.889. The average molecular weight is 214 g/mol. The quantitative estimate of drug-likeness (QED) is 0.492. The molecule has 0 unspecified atom stereocenters. The summed E-state index contributed by atoms with van der Waals surface area (Å²) in [5.74, 6) is 1.19. The van der Waals surface area contributed by atoms with E-state index in [0.29, 0.717) is 0 Å². The molecule has 0 saturated heterocycles. The maximum Gasteiger partial charge on any atom is 0.169 e. The molecule has 0 aromatic carbocycles. The fourth-order valence-electron chi connectivity index (χ4n) is 1.20. The Bertz CT molecular complexity index is 192. The Hall–Kier alpha value is 0.0369. The Labute approximate surface area is 87.2 Å². The molecule has 0 N–H and O–H groups in total. The van der Waals surface area contributed by atoms with Gasteiger partial charge in [-0.15, -0.1) is 11.8 Å². The van der Waals surface area contributed by atoms with Gasteiger partial charge in [-0.25, -0.2) is 0 Å². The van der Waals surface area contributed by atoms with E-state index in [4.69, 9.17) is 0 Å². The predicted octanol–water partition coefficient (Wildman–Crippen LogP) is 2.29. The van der Waals surface area contributed by atoms with Crippen molar-refractivity contribution in [3.05, 3.63) is 0 Å². The molecule has 4 heteroatoms. The van der Waals surface area contributed by atoms with Gasteiger partial charge in [-0.3, -0.25) is 4.99 Å². The zero-order valence-electron chi connectivity index (χ0n) is 8.33. The first-order chi connectivity index (χ1) is 6.43. The molecular weight excluding hydrogens is 196 g/mol. The number of thioether (sulfide) groups is 1. The van der Waals surface area contributed by atoms with Gasteiger partial charge in [-0.1, -0.05) is 26.2 Å². The van der Waals surface area contributed by atoms with Crippen LogP contribution in [0.25, 0.3) is 0 Å². The van der Waals surface area contributed by atoms with Crippen molar-refractivity contribution >= 4 is 25.7 Å². The summed E-state index contributed by atoms with van der Waals surface area (Å²) >= 11 is 1.90.